The summed E-state index contributed by atoms with van der Waals surface area (Å²) >= 11 is 1.59. The molecule has 0 unspecified atom stereocenters. The number of aliphatic hydroxyl groups excluding tert-OH is 1. The summed E-state index contributed by atoms with van der Waals surface area (Å²) < 4.78 is 11.8. The van der Waals surface area contributed by atoms with E-state index in [0.29, 0.717) is 19.7 Å². The van der Waals surface area contributed by atoms with Crippen molar-refractivity contribution in [2.24, 2.45) is 0 Å². The Hall–Kier alpha value is -3.52. The Morgan fingerprint density at radius 2 is 1.85 bits per heavy atom. The molecule has 7 heteroatoms. The average Bonchev–Trinajstić information content (AvgIpc) is 3.54. The van der Waals surface area contributed by atoms with Crippen molar-refractivity contribution in [2.45, 2.75) is 6.10 Å². The first-order valence-corrected chi connectivity index (χ1v) is 11.6. The van der Waals surface area contributed by atoms with Crippen LogP contribution in [0.5, 0.6) is 5.75 Å². The van der Waals surface area contributed by atoms with Gasteiger partial charge in [-0.05, 0) is 48.5 Å². The van der Waals surface area contributed by atoms with Crippen molar-refractivity contribution in [3.8, 4) is 39.1 Å². The van der Waals surface area contributed by atoms with Crippen LogP contribution >= 0.6 is 11.3 Å². The fourth-order valence-corrected chi connectivity index (χ4v) is 4.30. The Labute approximate surface area is 195 Å². The van der Waals surface area contributed by atoms with Crippen LogP contribution in [0.1, 0.15) is 11.7 Å². The largest absolute Gasteiger partial charge is 0.492 e. The Balaban J connectivity index is 1.12. The number of ether oxygens (including phenoxy) is 1. The number of aromatic nitrogens is 2. The van der Waals surface area contributed by atoms with E-state index in [-0.39, 0.29) is 0 Å². The Morgan fingerprint density at radius 3 is 2.70 bits per heavy atom. The Kier molecular flexibility index (Phi) is 6.44. The van der Waals surface area contributed by atoms with Crippen LogP contribution in [0.15, 0.2) is 88.9 Å². The van der Waals surface area contributed by atoms with E-state index in [1.165, 1.54) is 0 Å². The van der Waals surface area contributed by atoms with Crippen molar-refractivity contribution >= 4 is 11.3 Å². The Bertz CT molecular complexity index is 1270. The molecule has 3 heterocycles. The van der Waals surface area contributed by atoms with Gasteiger partial charge in [0.15, 0.2) is 5.76 Å². The van der Waals surface area contributed by atoms with Gasteiger partial charge in [0.05, 0.1) is 6.10 Å². The van der Waals surface area contributed by atoms with Crippen LogP contribution in [0.4, 0.5) is 0 Å². The van der Waals surface area contributed by atoms with Gasteiger partial charge in [0.2, 0.25) is 0 Å². The molecule has 0 amide bonds. The van der Waals surface area contributed by atoms with Gasteiger partial charge in [-0.15, -0.1) is 11.3 Å². The standard InChI is InChI=1S/C26H23N3O3S/c30-23(20-4-2-12-27-15-20)16-28-13-14-31-21-9-6-19(7-10-21)26-29-22(17-33-26)25-11-8-18-3-1-5-24(18)32-25/h1-12,15,17,23,28,30H,13-14,16H2/t23-/m0/s1. The smallest absolute Gasteiger partial charge is 0.153 e. The summed E-state index contributed by atoms with van der Waals surface area (Å²) in [7, 11) is 0. The first-order chi connectivity index (χ1) is 16.3. The number of hydrogen-bond acceptors (Lipinski definition) is 7. The van der Waals surface area contributed by atoms with Gasteiger partial charge in [0, 0.05) is 47.6 Å². The van der Waals surface area contributed by atoms with Crippen LogP contribution < -0.4 is 10.1 Å². The number of fused-ring (bicyclic) bond motifs is 1. The third kappa shape index (κ3) is 5.12. The number of aliphatic hydroxyl groups is 1. The number of nitrogens with one attached hydrogen (secondary N) is 1. The van der Waals surface area contributed by atoms with Crippen molar-refractivity contribution in [1.82, 2.24) is 15.3 Å². The second kappa shape index (κ2) is 9.95. The van der Waals surface area contributed by atoms with E-state index in [9.17, 15) is 5.11 Å². The molecule has 0 bridgehead atoms. The van der Waals surface area contributed by atoms with Crippen molar-refractivity contribution in [2.75, 3.05) is 19.7 Å². The van der Waals surface area contributed by atoms with Gasteiger partial charge in [0.1, 0.15) is 28.8 Å². The summed E-state index contributed by atoms with van der Waals surface area (Å²) in [6, 6.07) is 21.6. The van der Waals surface area contributed by atoms with Crippen LogP contribution in [-0.2, 0) is 0 Å². The molecule has 2 aliphatic rings. The molecule has 5 rings (SSSR count). The monoisotopic (exact) mass is 457 g/mol. The van der Waals surface area contributed by atoms with Crippen molar-refractivity contribution in [1.29, 1.82) is 0 Å². The summed E-state index contributed by atoms with van der Waals surface area (Å²) in [5, 5.41) is 16.3. The molecule has 0 saturated heterocycles. The van der Waals surface area contributed by atoms with E-state index in [2.05, 4.69) is 10.3 Å². The van der Waals surface area contributed by atoms with Gasteiger partial charge >= 0.3 is 0 Å². The van der Waals surface area contributed by atoms with Crippen LogP contribution in [0.3, 0.4) is 0 Å². The molecule has 2 aromatic heterocycles. The molecular formula is C26H23N3O3S. The highest BCUT2D eigenvalue weighted by Crippen LogP contribution is 2.33. The predicted molar refractivity (Wildman–Crippen MR) is 129 cm³/mol. The maximum atomic E-state index is 10.1. The van der Waals surface area contributed by atoms with E-state index < -0.39 is 6.10 Å². The lowest BCUT2D eigenvalue weighted by atomic mass is 10.1. The summed E-state index contributed by atoms with van der Waals surface area (Å²) in [6.07, 6.45) is 2.78. The molecule has 1 aliphatic heterocycles. The molecule has 0 fully saturated rings. The quantitative estimate of drug-likeness (QED) is 0.294. The lowest BCUT2D eigenvalue weighted by Gasteiger charge is -2.12. The van der Waals surface area contributed by atoms with Crippen molar-refractivity contribution in [3.63, 3.8) is 0 Å². The Morgan fingerprint density at radius 1 is 0.970 bits per heavy atom. The number of thiazole rings is 1. The highest BCUT2D eigenvalue weighted by atomic mass is 32.1. The molecule has 0 radical (unpaired) electrons. The summed E-state index contributed by atoms with van der Waals surface area (Å²) in [5.41, 5.74) is 3.75. The zero-order chi connectivity index (χ0) is 22.5. The summed E-state index contributed by atoms with van der Waals surface area (Å²) in [6.45, 7) is 1.59. The van der Waals surface area contributed by atoms with Crippen LogP contribution in [0, 0.1) is 0 Å². The lowest BCUT2D eigenvalue weighted by molar-refractivity contribution is 0.171. The van der Waals surface area contributed by atoms with Gasteiger partial charge < -0.3 is 19.6 Å². The zero-order valence-corrected chi connectivity index (χ0v) is 18.7. The normalized spacial score (nSPS) is 12.2. The maximum Gasteiger partial charge on any atom is 0.153 e. The van der Waals surface area contributed by atoms with E-state index >= 15 is 0 Å². The first-order valence-electron chi connectivity index (χ1n) is 10.7. The van der Waals surface area contributed by atoms with Gasteiger partial charge in [0.25, 0.3) is 0 Å². The van der Waals surface area contributed by atoms with Crippen LogP contribution in [-0.4, -0.2) is 34.8 Å². The third-order valence-electron chi connectivity index (χ3n) is 5.25. The number of nitrogens with zero attached hydrogens (tertiary/aromatic N) is 2. The molecule has 6 nitrogen and oxygen atoms in total. The van der Waals surface area contributed by atoms with E-state index in [0.717, 1.165) is 44.7 Å². The second-order valence-corrected chi connectivity index (χ2v) is 8.42. The number of pyridine rings is 1. The third-order valence-corrected chi connectivity index (χ3v) is 6.15. The van der Waals surface area contributed by atoms with Gasteiger partial charge in [-0.3, -0.25) is 4.98 Å². The summed E-state index contributed by atoms with van der Waals surface area (Å²) in [5.74, 6) is 2.42. The fraction of sp³-hybridized carbons (Fsp3) is 0.154. The minimum Gasteiger partial charge on any atom is -0.492 e. The lowest BCUT2D eigenvalue weighted by Crippen LogP contribution is -2.26. The highest BCUT2D eigenvalue weighted by Gasteiger charge is 2.12. The molecule has 166 valence electrons. The van der Waals surface area contributed by atoms with E-state index in [1.54, 1.807) is 23.7 Å². The van der Waals surface area contributed by atoms with Gasteiger partial charge in [-0.2, -0.15) is 0 Å². The number of hydrogen-bond donors (Lipinski definition) is 2. The SMILES string of the molecule is O[C@@H](CNCCOc1ccc(-c2nc(-c3ccc4cccc-4o3)cs2)cc1)c1cccnc1. The minimum absolute atomic E-state index is 0.450. The highest BCUT2D eigenvalue weighted by molar-refractivity contribution is 7.13. The molecule has 2 N–H and O–H groups in total. The van der Waals surface area contributed by atoms with Crippen LogP contribution in [0.2, 0.25) is 0 Å². The molecule has 0 saturated carbocycles. The molecule has 33 heavy (non-hydrogen) atoms. The van der Waals surface area contributed by atoms with E-state index in [4.69, 9.17) is 14.1 Å². The molecule has 3 aromatic rings. The van der Waals surface area contributed by atoms with Crippen LogP contribution in [0.25, 0.3) is 33.3 Å². The van der Waals surface area contributed by atoms with Gasteiger partial charge in [-0.25, -0.2) is 4.98 Å². The van der Waals surface area contributed by atoms with Gasteiger partial charge in [-0.1, -0.05) is 18.2 Å². The number of benzene rings is 1. The second-order valence-electron chi connectivity index (χ2n) is 7.56. The first kappa shape index (κ1) is 21.3. The predicted octanol–water partition coefficient (Wildman–Crippen LogP) is 5.27. The number of rotatable bonds is 9. The zero-order valence-electron chi connectivity index (χ0n) is 17.8. The average molecular weight is 458 g/mol. The molecule has 1 atom stereocenters. The van der Waals surface area contributed by atoms with Crippen molar-refractivity contribution in [3.05, 3.63) is 90.1 Å². The van der Waals surface area contributed by atoms with Crippen molar-refractivity contribution < 1.29 is 14.3 Å². The molecule has 1 aromatic carbocycles. The summed E-state index contributed by atoms with van der Waals surface area (Å²) in [4.78, 5) is 8.77. The molecule has 1 aliphatic carbocycles. The minimum atomic E-state index is -0.583. The topological polar surface area (TPSA) is 80.4 Å². The maximum absolute atomic E-state index is 10.1. The molecular weight excluding hydrogens is 434 g/mol. The van der Waals surface area contributed by atoms with E-state index in [1.807, 2.05) is 72.1 Å². The molecule has 0 spiro atoms. The fourth-order valence-electron chi connectivity index (χ4n) is 3.49.